The highest BCUT2D eigenvalue weighted by atomic mass is 32.1. The number of thiol groups is 1. The molecule has 0 saturated heterocycles. The minimum absolute atomic E-state index is 0.00562. The zero-order valence-electron chi connectivity index (χ0n) is 15.5. The molecule has 1 unspecified atom stereocenters. The van der Waals surface area contributed by atoms with Crippen LogP contribution in [-0.4, -0.2) is 43.1 Å². The predicted octanol–water partition coefficient (Wildman–Crippen LogP) is 2.41. The van der Waals surface area contributed by atoms with Crippen LogP contribution < -0.4 is 5.56 Å². The summed E-state index contributed by atoms with van der Waals surface area (Å²) in [5.74, 6) is -1.13. The van der Waals surface area contributed by atoms with Gasteiger partial charge in [-0.15, -0.1) is 0 Å². The first-order chi connectivity index (χ1) is 14.1. The molecule has 9 heteroatoms. The molecule has 3 aromatic heterocycles. The van der Waals surface area contributed by atoms with Crippen LogP contribution in [0.1, 0.15) is 11.7 Å². The number of pyridine rings is 1. The van der Waals surface area contributed by atoms with Crippen molar-refractivity contribution in [3.8, 4) is 11.1 Å². The van der Waals surface area contributed by atoms with Gasteiger partial charge in [0.15, 0.2) is 5.65 Å². The van der Waals surface area contributed by atoms with Crippen LogP contribution in [0, 0.1) is 0 Å². The maximum Gasteiger partial charge on any atom is 0.327 e. The van der Waals surface area contributed by atoms with Crippen LogP contribution in [0.4, 0.5) is 0 Å². The van der Waals surface area contributed by atoms with E-state index in [0.717, 1.165) is 15.7 Å². The third-order valence-electron chi connectivity index (χ3n) is 4.75. The number of hydrogen-bond acceptors (Lipinski definition) is 6. The maximum absolute atomic E-state index is 12.9. The van der Waals surface area contributed by atoms with Gasteiger partial charge in [-0.1, -0.05) is 30.3 Å². The molecule has 0 fully saturated rings. The number of carbonyl (C=O) groups is 1. The van der Waals surface area contributed by atoms with Crippen LogP contribution in [0.25, 0.3) is 27.7 Å². The smallest absolute Gasteiger partial charge is 0.327 e. The van der Waals surface area contributed by atoms with Crippen LogP contribution in [0.15, 0.2) is 53.6 Å². The molecule has 0 bridgehead atoms. The minimum atomic E-state index is -1.12. The van der Waals surface area contributed by atoms with Gasteiger partial charge in [-0.3, -0.25) is 9.36 Å². The van der Waals surface area contributed by atoms with Gasteiger partial charge in [0, 0.05) is 25.3 Å². The summed E-state index contributed by atoms with van der Waals surface area (Å²) in [5.41, 5.74) is 3.15. The molecular formula is C20H18N4O4S. The van der Waals surface area contributed by atoms with Gasteiger partial charge in [0.05, 0.1) is 28.8 Å². The van der Waals surface area contributed by atoms with Crippen molar-refractivity contribution in [2.45, 2.75) is 12.6 Å². The first-order valence-electron chi connectivity index (χ1n) is 8.86. The molecule has 0 radical (unpaired) electrons. The van der Waals surface area contributed by atoms with Crippen molar-refractivity contribution in [3.63, 3.8) is 0 Å². The SMILES string of the molecule is COCc1nn2c(ncc3c(=O)n(C(CS)C(=O)O)ccc32)c1-c1ccccc1. The molecule has 0 aliphatic carbocycles. The molecule has 8 nitrogen and oxygen atoms in total. The van der Waals surface area contributed by atoms with Gasteiger partial charge in [-0.25, -0.2) is 14.3 Å². The largest absolute Gasteiger partial charge is 0.480 e. The molecule has 148 valence electrons. The number of hydrogen-bond donors (Lipinski definition) is 2. The summed E-state index contributed by atoms with van der Waals surface area (Å²) < 4.78 is 8.06. The number of aliphatic carboxylic acids is 1. The first kappa shape index (κ1) is 19.2. The summed E-state index contributed by atoms with van der Waals surface area (Å²) in [7, 11) is 1.59. The predicted molar refractivity (Wildman–Crippen MR) is 111 cm³/mol. The monoisotopic (exact) mass is 410 g/mol. The second-order valence-electron chi connectivity index (χ2n) is 6.48. The van der Waals surface area contributed by atoms with Crippen molar-refractivity contribution in [3.05, 3.63) is 64.8 Å². The Kier molecular flexibility index (Phi) is 5.08. The molecule has 4 aromatic rings. The van der Waals surface area contributed by atoms with E-state index in [1.807, 2.05) is 30.3 Å². The van der Waals surface area contributed by atoms with Crippen LogP contribution in [0.2, 0.25) is 0 Å². The Morgan fingerprint density at radius 2 is 2.03 bits per heavy atom. The van der Waals surface area contributed by atoms with Gasteiger partial charge >= 0.3 is 5.97 Å². The fourth-order valence-electron chi connectivity index (χ4n) is 3.40. The van der Waals surface area contributed by atoms with Gasteiger partial charge in [0.25, 0.3) is 5.56 Å². The van der Waals surface area contributed by atoms with Crippen molar-refractivity contribution < 1.29 is 14.6 Å². The van der Waals surface area contributed by atoms with Gasteiger partial charge in [-0.2, -0.15) is 17.7 Å². The second-order valence-corrected chi connectivity index (χ2v) is 6.84. The first-order valence-corrected chi connectivity index (χ1v) is 9.49. The van der Waals surface area contributed by atoms with E-state index < -0.39 is 17.6 Å². The van der Waals surface area contributed by atoms with Gasteiger partial charge in [0.2, 0.25) is 0 Å². The third-order valence-corrected chi connectivity index (χ3v) is 5.09. The lowest BCUT2D eigenvalue weighted by Crippen LogP contribution is -2.31. The molecule has 0 amide bonds. The standard InChI is InChI=1S/C20H18N4O4S/c1-28-10-14-17(12-5-3-2-4-6-12)18-21-9-13-15(24(18)22-14)7-8-23(19(13)25)16(11-29)20(26)27/h2-9,16,29H,10-11H2,1H3,(H,26,27). The maximum atomic E-state index is 12.9. The van der Waals surface area contributed by atoms with E-state index in [9.17, 15) is 14.7 Å². The Morgan fingerprint density at radius 3 is 2.69 bits per heavy atom. The zero-order chi connectivity index (χ0) is 20.5. The van der Waals surface area contributed by atoms with Crippen molar-refractivity contribution in [2.24, 2.45) is 0 Å². The Labute approximate surface area is 170 Å². The molecule has 1 atom stereocenters. The van der Waals surface area contributed by atoms with Crippen molar-refractivity contribution >= 4 is 35.1 Å². The summed E-state index contributed by atoms with van der Waals surface area (Å²) in [6.45, 7) is 0.285. The third kappa shape index (κ3) is 3.18. The van der Waals surface area contributed by atoms with Crippen molar-refractivity contribution in [1.82, 2.24) is 19.2 Å². The molecule has 1 aromatic carbocycles. The Balaban J connectivity index is 2.01. The zero-order valence-corrected chi connectivity index (χ0v) is 16.4. The summed E-state index contributed by atoms with van der Waals surface area (Å²) >= 11 is 4.06. The van der Waals surface area contributed by atoms with E-state index in [1.54, 1.807) is 17.7 Å². The number of nitrogens with zero attached hydrogens (tertiary/aromatic N) is 4. The normalized spacial score (nSPS) is 12.5. The molecule has 29 heavy (non-hydrogen) atoms. The van der Waals surface area contributed by atoms with Crippen LogP contribution in [0.5, 0.6) is 0 Å². The average molecular weight is 410 g/mol. The van der Waals surface area contributed by atoms with E-state index >= 15 is 0 Å². The number of carboxylic acid groups (broad SMARTS) is 1. The van der Waals surface area contributed by atoms with E-state index in [0.29, 0.717) is 16.9 Å². The number of ether oxygens (including phenoxy) is 1. The van der Waals surface area contributed by atoms with Crippen molar-refractivity contribution in [1.29, 1.82) is 0 Å². The van der Waals surface area contributed by atoms with E-state index in [2.05, 4.69) is 22.7 Å². The highest BCUT2D eigenvalue weighted by Gasteiger charge is 2.22. The quantitative estimate of drug-likeness (QED) is 0.474. The van der Waals surface area contributed by atoms with Crippen LogP contribution >= 0.6 is 12.6 Å². The summed E-state index contributed by atoms with van der Waals surface area (Å²) in [6, 6.07) is 10.3. The van der Waals surface area contributed by atoms with Gasteiger partial charge in [0.1, 0.15) is 6.04 Å². The van der Waals surface area contributed by atoms with Gasteiger partial charge in [-0.05, 0) is 11.6 Å². The summed E-state index contributed by atoms with van der Waals surface area (Å²) in [4.78, 5) is 28.9. The lowest BCUT2D eigenvalue weighted by molar-refractivity contribution is -0.140. The van der Waals surface area contributed by atoms with Crippen LogP contribution in [0.3, 0.4) is 0 Å². The lowest BCUT2D eigenvalue weighted by Gasteiger charge is -2.14. The highest BCUT2D eigenvalue weighted by molar-refractivity contribution is 7.80. The molecule has 3 heterocycles. The number of rotatable bonds is 6. The molecule has 1 N–H and O–H groups in total. The molecule has 0 aliphatic rings. The molecule has 0 saturated carbocycles. The van der Waals surface area contributed by atoms with Gasteiger partial charge < -0.3 is 9.84 Å². The molecular weight excluding hydrogens is 392 g/mol. The summed E-state index contributed by atoms with van der Waals surface area (Å²) in [6.07, 6.45) is 2.92. The second kappa shape index (κ2) is 7.69. The highest BCUT2D eigenvalue weighted by Crippen LogP contribution is 2.29. The van der Waals surface area contributed by atoms with Crippen molar-refractivity contribution in [2.75, 3.05) is 12.9 Å². The fourth-order valence-corrected chi connectivity index (χ4v) is 3.73. The molecule has 0 aliphatic heterocycles. The summed E-state index contributed by atoms with van der Waals surface area (Å²) in [5, 5.41) is 14.3. The Bertz CT molecular complexity index is 1270. The minimum Gasteiger partial charge on any atom is -0.480 e. The molecule has 0 spiro atoms. The molecule has 4 rings (SSSR count). The fraction of sp³-hybridized carbons (Fsp3) is 0.200. The lowest BCUT2D eigenvalue weighted by atomic mass is 10.1. The van der Waals surface area contributed by atoms with Crippen LogP contribution in [-0.2, 0) is 16.1 Å². The van der Waals surface area contributed by atoms with E-state index in [-0.39, 0.29) is 17.7 Å². The number of methoxy groups -OCH3 is 1. The number of aromatic nitrogens is 4. The van der Waals surface area contributed by atoms with E-state index in [4.69, 9.17) is 4.74 Å². The average Bonchev–Trinajstić information content (AvgIpc) is 3.09. The Hall–Kier alpha value is -3.17. The number of carboxylic acids is 1. The topological polar surface area (TPSA) is 98.7 Å². The van der Waals surface area contributed by atoms with E-state index in [1.165, 1.54) is 12.4 Å². The number of fused-ring (bicyclic) bond motifs is 3. The Morgan fingerprint density at radius 1 is 1.28 bits per heavy atom. The number of benzene rings is 1.